The molecule has 0 amide bonds. The van der Waals surface area contributed by atoms with Crippen molar-refractivity contribution in [3.8, 4) is 5.75 Å². The normalized spacial score (nSPS) is 20.4. The molecule has 1 heterocycles. The lowest BCUT2D eigenvalue weighted by molar-refractivity contribution is 0.0746. The standard InChI is InChI=1S/C30H41N3O/c1-20(2)21-10-12-22(13-11-21)31-28-32-26-15-14-25(34-24-8-7-9-24)16-27(26)33(28)23-17-29(3,4)19-30(5,6)18-23/h10-16,20,23-24H,7-9,17-19H2,1-6H3,(H,31,32). The Kier molecular flexibility index (Phi) is 5.90. The van der Waals surface area contributed by atoms with Gasteiger partial charge in [-0.05, 0) is 85.1 Å². The number of imidazole rings is 1. The Bertz CT molecular complexity index is 1140. The SMILES string of the molecule is CC(C)c1ccc(Nc2nc3ccc(OC4CCC4)cc3n2C2CC(C)(C)CC(C)(C)C2)cc1. The molecule has 34 heavy (non-hydrogen) atoms. The minimum Gasteiger partial charge on any atom is -0.490 e. The van der Waals surface area contributed by atoms with Crippen molar-refractivity contribution >= 4 is 22.7 Å². The first-order valence-electron chi connectivity index (χ1n) is 13.1. The number of hydrogen-bond acceptors (Lipinski definition) is 3. The van der Waals surface area contributed by atoms with Crippen LogP contribution in [0, 0.1) is 10.8 Å². The predicted molar refractivity (Wildman–Crippen MR) is 142 cm³/mol. The monoisotopic (exact) mass is 459 g/mol. The number of nitrogens with zero attached hydrogens (tertiary/aromatic N) is 2. The van der Waals surface area contributed by atoms with E-state index in [1.807, 2.05) is 0 Å². The summed E-state index contributed by atoms with van der Waals surface area (Å²) < 4.78 is 8.76. The van der Waals surface area contributed by atoms with Crippen molar-refractivity contribution in [2.75, 3.05) is 5.32 Å². The van der Waals surface area contributed by atoms with Gasteiger partial charge >= 0.3 is 0 Å². The maximum absolute atomic E-state index is 6.28. The molecule has 0 radical (unpaired) electrons. The average Bonchev–Trinajstić information content (AvgIpc) is 3.06. The first-order valence-corrected chi connectivity index (χ1v) is 13.1. The van der Waals surface area contributed by atoms with Crippen LogP contribution < -0.4 is 10.1 Å². The van der Waals surface area contributed by atoms with Crippen molar-refractivity contribution in [1.29, 1.82) is 0 Å². The zero-order valence-corrected chi connectivity index (χ0v) is 21.8. The van der Waals surface area contributed by atoms with Crippen LogP contribution in [0.2, 0.25) is 0 Å². The molecule has 0 bridgehead atoms. The third-order valence-corrected chi connectivity index (χ3v) is 7.75. The van der Waals surface area contributed by atoms with Crippen LogP contribution in [-0.4, -0.2) is 15.7 Å². The minimum atomic E-state index is 0.291. The van der Waals surface area contributed by atoms with Gasteiger partial charge in [-0.3, -0.25) is 0 Å². The predicted octanol–water partition coefficient (Wildman–Crippen LogP) is 8.61. The molecule has 2 fully saturated rings. The van der Waals surface area contributed by atoms with Crippen molar-refractivity contribution < 1.29 is 4.74 Å². The zero-order chi connectivity index (χ0) is 24.1. The van der Waals surface area contributed by atoms with E-state index >= 15 is 0 Å². The zero-order valence-electron chi connectivity index (χ0n) is 21.8. The first-order chi connectivity index (χ1) is 16.1. The van der Waals surface area contributed by atoms with E-state index in [1.54, 1.807) is 0 Å². The fraction of sp³-hybridized carbons (Fsp3) is 0.567. The molecule has 2 aromatic carbocycles. The highest BCUT2D eigenvalue weighted by Crippen LogP contribution is 2.51. The van der Waals surface area contributed by atoms with Gasteiger partial charge in [0, 0.05) is 17.8 Å². The second-order valence-corrected chi connectivity index (χ2v) is 12.6. The molecule has 0 saturated heterocycles. The molecule has 4 nitrogen and oxygen atoms in total. The molecule has 2 saturated carbocycles. The molecule has 0 unspecified atom stereocenters. The number of nitrogens with one attached hydrogen (secondary N) is 1. The van der Waals surface area contributed by atoms with Gasteiger partial charge in [0.05, 0.1) is 17.1 Å². The van der Waals surface area contributed by atoms with Crippen LogP contribution in [0.3, 0.4) is 0 Å². The third-order valence-electron chi connectivity index (χ3n) is 7.75. The van der Waals surface area contributed by atoms with Gasteiger partial charge in [-0.2, -0.15) is 0 Å². The van der Waals surface area contributed by atoms with Gasteiger partial charge in [0.1, 0.15) is 5.75 Å². The Hall–Kier alpha value is -2.49. The molecule has 2 aliphatic rings. The molecule has 182 valence electrons. The number of hydrogen-bond donors (Lipinski definition) is 1. The van der Waals surface area contributed by atoms with E-state index in [-0.39, 0.29) is 0 Å². The molecule has 2 aliphatic carbocycles. The average molecular weight is 460 g/mol. The number of benzene rings is 2. The third kappa shape index (κ3) is 4.82. The lowest BCUT2D eigenvalue weighted by Crippen LogP contribution is -2.35. The van der Waals surface area contributed by atoms with Gasteiger partial charge in [-0.1, -0.05) is 53.7 Å². The molecule has 1 aromatic heterocycles. The van der Waals surface area contributed by atoms with Crippen LogP contribution in [0.5, 0.6) is 5.75 Å². The summed E-state index contributed by atoms with van der Waals surface area (Å²) in [5.41, 5.74) is 5.23. The summed E-state index contributed by atoms with van der Waals surface area (Å²) in [6, 6.07) is 15.6. The van der Waals surface area contributed by atoms with Crippen LogP contribution in [-0.2, 0) is 0 Å². The second kappa shape index (κ2) is 8.62. The van der Waals surface area contributed by atoms with Crippen LogP contribution in [0.15, 0.2) is 42.5 Å². The molecular weight excluding hydrogens is 418 g/mol. The van der Waals surface area contributed by atoms with E-state index < -0.39 is 0 Å². The van der Waals surface area contributed by atoms with E-state index in [2.05, 4.69) is 93.9 Å². The van der Waals surface area contributed by atoms with E-state index in [4.69, 9.17) is 9.72 Å². The summed E-state index contributed by atoms with van der Waals surface area (Å²) in [4.78, 5) is 5.09. The van der Waals surface area contributed by atoms with Crippen LogP contribution in [0.25, 0.3) is 11.0 Å². The molecule has 0 atom stereocenters. The van der Waals surface area contributed by atoms with Crippen LogP contribution in [0.1, 0.15) is 97.6 Å². The topological polar surface area (TPSA) is 39.1 Å². The summed E-state index contributed by atoms with van der Waals surface area (Å²) in [5.74, 6) is 2.44. The van der Waals surface area contributed by atoms with Gasteiger partial charge in [-0.15, -0.1) is 0 Å². The molecule has 0 aliphatic heterocycles. The summed E-state index contributed by atoms with van der Waals surface area (Å²) >= 11 is 0. The number of rotatable bonds is 6. The lowest BCUT2D eigenvalue weighted by Gasteiger charge is -2.45. The molecule has 3 aromatic rings. The van der Waals surface area contributed by atoms with Crippen molar-refractivity contribution in [3.05, 3.63) is 48.0 Å². The molecule has 0 spiro atoms. The van der Waals surface area contributed by atoms with Crippen LogP contribution in [0.4, 0.5) is 11.6 Å². The molecular formula is C30H41N3O. The summed E-state index contributed by atoms with van der Waals surface area (Å²) in [5, 5.41) is 3.67. The van der Waals surface area contributed by atoms with E-state index in [0.29, 0.717) is 28.9 Å². The largest absolute Gasteiger partial charge is 0.490 e. The fourth-order valence-electron chi connectivity index (χ4n) is 6.34. The minimum absolute atomic E-state index is 0.291. The van der Waals surface area contributed by atoms with E-state index in [9.17, 15) is 0 Å². The Morgan fingerprint density at radius 3 is 2.24 bits per heavy atom. The molecule has 4 heteroatoms. The van der Waals surface area contributed by atoms with Gasteiger partial charge < -0.3 is 14.6 Å². The maximum Gasteiger partial charge on any atom is 0.208 e. The van der Waals surface area contributed by atoms with E-state index in [1.165, 1.54) is 36.8 Å². The lowest BCUT2D eigenvalue weighted by atomic mass is 9.63. The van der Waals surface area contributed by atoms with Gasteiger partial charge in [0.2, 0.25) is 5.95 Å². The summed E-state index contributed by atoms with van der Waals surface area (Å²) in [7, 11) is 0. The highest BCUT2D eigenvalue weighted by atomic mass is 16.5. The highest BCUT2D eigenvalue weighted by molar-refractivity contribution is 5.81. The van der Waals surface area contributed by atoms with Crippen LogP contribution >= 0.6 is 0 Å². The molecule has 1 N–H and O–H groups in total. The second-order valence-electron chi connectivity index (χ2n) is 12.6. The fourth-order valence-corrected chi connectivity index (χ4v) is 6.34. The maximum atomic E-state index is 6.28. The van der Waals surface area contributed by atoms with E-state index in [0.717, 1.165) is 35.7 Å². The number of fused-ring (bicyclic) bond motifs is 1. The first kappa shape index (κ1) is 23.3. The van der Waals surface area contributed by atoms with Crippen molar-refractivity contribution in [1.82, 2.24) is 9.55 Å². The van der Waals surface area contributed by atoms with Gasteiger partial charge in [0.25, 0.3) is 0 Å². The quantitative estimate of drug-likeness (QED) is 0.401. The number of anilines is 2. The Balaban J connectivity index is 1.56. The highest BCUT2D eigenvalue weighted by Gasteiger charge is 2.40. The summed E-state index contributed by atoms with van der Waals surface area (Å²) in [6.45, 7) is 14.1. The number of ether oxygens (including phenoxy) is 1. The van der Waals surface area contributed by atoms with Crippen molar-refractivity contribution in [3.63, 3.8) is 0 Å². The Morgan fingerprint density at radius 1 is 0.971 bits per heavy atom. The van der Waals surface area contributed by atoms with Crippen molar-refractivity contribution in [2.24, 2.45) is 10.8 Å². The summed E-state index contributed by atoms with van der Waals surface area (Å²) in [6.07, 6.45) is 7.54. The van der Waals surface area contributed by atoms with Gasteiger partial charge in [0.15, 0.2) is 0 Å². The smallest absolute Gasteiger partial charge is 0.208 e. The van der Waals surface area contributed by atoms with Gasteiger partial charge in [-0.25, -0.2) is 4.98 Å². The Labute approximate surface area is 205 Å². The van der Waals surface area contributed by atoms with Crippen molar-refractivity contribution in [2.45, 2.75) is 98.1 Å². The Morgan fingerprint density at radius 2 is 1.65 bits per heavy atom. The number of aromatic nitrogens is 2. The molecule has 5 rings (SSSR count).